The first kappa shape index (κ1) is 17.7. The molecule has 0 unspecified atom stereocenters. The second kappa shape index (κ2) is 8.30. The summed E-state index contributed by atoms with van der Waals surface area (Å²) in [6.45, 7) is 8.25. The van der Waals surface area contributed by atoms with Crippen LogP contribution in [0.1, 0.15) is 52.4 Å². The standard InChI is InChI=1S/C20H28O3/c1-14-6-4-8-15(2)12-19-18(16(3)20(22)23-19)11-10-17(13-21)9-5-7-14/h7-8,10,18-19,21H,3-6,9,11-13H2,1-2H3/b14-7+,15-8-,17-10-/t18-,19+/m1/s1. The molecule has 1 aliphatic heterocycles. The van der Waals surface area contributed by atoms with Gasteiger partial charge in [-0.05, 0) is 51.5 Å². The van der Waals surface area contributed by atoms with Crippen molar-refractivity contribution >= 4 is 5.97 Å². The molecule has 3 heteroatoms. The molecule has 1 fully saturated rings. The summed E-state index contributed by atoms with van der Waals surface area (Å²) in [5.41, 5.74) is 4.25. The van der Waals surface area contributed by atoms with Crippen LogP contribution in [0.5, 0.6) is 0 Å². The third-order valence-electron chi connectivity index (χ3n) is 4.79. The van der Waals surface area contributed by atoms with Crippen molar-refractivity contribution in [2.75, 3.05) is 6.61 Å². The van der Waals surface area contributed by atoms with Gasteiger partial charge >= 0.3 is 5.97 Å². The Balaban J connectivity index is 2.22. The first-order valence-electron chi connectivity index (χ1n) is 8.51. The van der Waals surface area contributed by atoms with Gasteiger partial charge in [0.15, 0.2) is 0 Å². The van der Waals surface area contributed by atoms with Crippen LogP contribution < -0.4 is 0 Å². The molecular formula is C20H28O3. The third kappa shape index (κ3) is 4.93. The van der Waals surface area contributed by atoms with Gasteiger partial charge in [0.05, 0.1) is 6.61 Å². The predicted molar refractivity (Wildman–Crippen MR) is 92.9 cm³/mol. The van der Waals surface area contributed by atoms with E-state index in [4.69, 9.17) is 4.74 Å². The van der Waals surface area contributed by atoms with Gasteiger partial charge in [0.2, 0.25) is 0 Å². The van der Waals surface area contributed by atoms with Crippen molar-refractivity contribution in [1.29, 1.82) is 0 Å². The highest BCUT2D eigenvalue weighted by atomic mass is 16.6. The average molecular weight is 316 g/mol. The van der Waals surface area contributed by atoms with Gasteiger partial charge in [-0.1, -0.05) is 36.0 Å². The van der Waals surface area contributed by atoms with Crippen LogP contribution in [-0.2, 0) is 9.53 Å². The summed E-state index contributed by atoms with van der Waals surface area (Å²) < 4.78 is 5.52. The van der Waals surface area contributed by atoms with Crippen LogP contribution in [0.4, 0.5) is 0 Å². The van der Waals surface area contributed by atoms with Crippen LogP contribution in [0, 0.1) is 5.92 Å². The van der Waals surface area contributed by atoms with E-state index in [0.717, 1.165) is 37.7 Å². The Labute approximate surface area is 139 Å². The molecule has 2 aliphatic rings. The van der Waals surface area contributed by atoms with Gasteiger partial charge in [-0.25, -0.2) is 4.79 Å². The van der Waals surface area contributed by atoms with Crippen molar-refractivity contribution in [3.8, 4) is 0 Å². The lowest BCUT2D eigenvalue weighted by atomic mass is 9.88. The van der Waals surface area contributed by atoms with Crippen molar-refractivity contribution in [3.63, 3.8) is 0 Å². The highest BCUT2D eigenvalue weighted by molar-refractivity contribution is 5.90. The van der Waals surface area contributed by atoms with Crippen molar-refractivity contribution in [2.24, 2.45) is 5.92 Å². The molecule has 0 radical (unpaired) electrons. The number of ether oxygens (including phenoxy) is 1. The van der Waals surface area contributed by atoms with Gasteiger partial charge in [-0.2, -0.15) is 0 Å². The van der Waals surface area contributed by atoms with Crippen LogP contribution in [0.15, 0.2) is 47.1 Å². The molecule has 0 aromatic heterocycles. The Morgan fingerprint density at radius 3 is 2.61 bits per heavy atom. The normalized spacial score (nSPS) is 34.1. The monoisotopic (exact) mass is 316 g/mol. The fraction of sp³-hybridized carbons (Fsp3) is 0.550. The first-order valence-corrected chi connectivity index (χ1v) is 8.51. The maximum atomic E-state index is 11.9. The summed E-state index contributed by atoms with van der Waals surface area (Å²) in [6.07, 6.45) is 11.8. The molecule has 0 amide bonds. The van der Waals surface area contributed by atoms with E-state index in [2.05, 4.69) is 38.7 Å². The van der Waals surface area contributed by atoms with E-state index < -0.39 is 0 Å². The Kier molecular flexibility index (Phi) is 6.40. The van der Waals surface area contributed by atoms with Gasteiger partial charge < -0.3 is 9.84 Å². The van der Waals surface area contributed by atoms with Gasteiger partial charge in [0, 0.05) is 17.9 Å². The summed E-state index contributed by atoms with van der Waals surface area (Å²) in [5, 5.41) is 9.54. The molecular weight excluding hydrogens is 288 g/mol. The molecule has 0 aromatic rings. The topological polar surface area (TPSA) is 46.5 Å². The number of fused-ring (bicyclic) bond motifs is 1. The van der Waals surface area contributed by atoms with Gasteiger partial charge in [0.1, 0.15) is 6.10 Å². The molecule has 2 rings (SSSR count). The average Bonchev–Trinajstić information content (AvgIpc) is 2.76. The Morgan fingerprint density at radius 1 is 1.17 bits per heavy atom. The van der Waals surface area contributed by atoms with E-state index in [1.165, 1.54) is 11.1 Å². The minimum absolute atomic E-state index is 0.0209. The fourth-order valence-corrected chi connectivity index (χ4v) is 3.24. The number of hydrogen-bond donors (Lipinski definition) is 1. The Bertz CT molecular complexity index is 551. The molecule has 23 heavy (non-hydrogen) atoms. The van der Waals surface area contributed by atoms with Crippen LogP contribution in [0.2, 0.25) is 0 Å². The zero-order valence-corrected chi connectivity index (χ0v) is 14.3. The lowest BCUT2D eigenvalue weighted by Gasteiger charge is -2.17. The number of carbonyl (C=O) groups excluding carboxylic acids is 1. The molecule has 0 spiro atoms. The quantitative estimate of drug-likeness (QED) is 0.447. The summed E-state index contributed by atoms with van der Waals surface area (Å²) >= 11 is 0. The molecule has 3 nitrogen and oxygen atoms in total. The lowest BCUT2D eigenvalue weighted by Crippen LogP contribution is -2.17. The molecule has 0 saturated carbocycles. The number of esters is 1. The molecule has 0 aromatic carbocycles. The number of allylic oxidation sites excluding steroid dienone is 4. The lowest BCUT2D eigenvalue weighted by molar-refractivity contribution is -0.139. The number of aliphatic hydroxyl groups is 1. The van der Waals surface area contributed by atoms with Gasteiger partial charge in [-0.3, -0.25) is 0 Å². The Morgan fingerprint density at radius 2 is 1.87 bits per heavy atom. The summed E-state index contributed by atoms with van der Waals surface area (Å²) in [4.78, 5) is 11.9. The van der Waals surface area contributed by atoms with Crippen LogP contribution in [0.25, 0.3) is 0 Å². The Hall–Kier alpha value is -1.61. The van der Waals surface area contributed by atoms with Crippen molar-refractivity contribution < 1.29 is 14.6 Å². The summed E-state index contributed by atoms with van der Waals surface area (Å²) in [7, 11) is 0. The SMILES string of the molecule is C=C1C(=O)O[C@H]2C/C(C)=C\CC/C(C)=C/CC/C(CO)=C/C[C@H]12. The highest BCUT2D eigenvalue weighted by Gasteiger charge is 2.37. The zero-order chi connectivity index (χ0) is 16.8. The predicted octanol–water partition coefficient (Wildman–Crippen LogP) is 4.25. The van der Waals surface area contributed by atoms with E-state index in [1.807, 2.05) is 0 Å². The van der Waals surface area contributed by atoms with Crippen molar-refractivity contribution in [3.05, 3.63) is 47.1 Å². The maximum Gasteiger partial charge on any atom is 0.334 e. The van der Waals surface area contributed by atoms with Crippen molar-refractivity contribution in [2.45, 2.75) is 58.5 Å². The number of aliphatic hydroxyl groups excluding tert-OH is 1. The molecule has 2 atom stereocenters. The number of rotatable bonds is 1. The van der Waals surface area contributed by atoms with E-state index in [-0.39, 0.29) is 24.6 Å². The number of hydrogen-bond acceptors (Lipinski definition) is 3. The van der Waals surface area contributed by atoms with Gasteiger partial charge in [0.25, 0.3) is 0 Å². The largest absolute Gasteiger partial charge is 0.458 e. The second-order valence-electron chi connectivity index (χ2n) is 6.71. The molecule has 1 heterocycles. The third-order valence-corrected chi connectivity index (χ3v) is 4.79. The summed E-state index contributed by atoms with van der Waals surface area (Å²) in [6, 6.07) is 0. The number of carbonyl (C=O) groups is 1. The van der Waals surface area contributed by atoms with E-state index in [0.29, 0.717) is 12.0 Å². The highest BCUT2D eigenvalue weighted by Crippen LogP contribution is 2.34. The van der Waals surface area contributed by atoms with Crippen LogP contribution in [-0.4, -0.2) is 23.8 Å². The van der Waals surface area contributed by atoms with E-state index in [1.54, 1.807) is 0 Å². The summed E-state index contributed by atoms with van der Waals surface area (Å²) in [5.74, 6) is -0.249. The van der Waals surface area contributed by atoms with Crippen molar-refractivity contribution in [1.82, 2.24) is 0 Å². The fourth-order valence-electron chi connectivity index (χ4n) is 3.24. The smallest absolute Gasteiger partial charge is 0.334 e. The maximum absolute atomic E-state index is 11.9. The minimum Gasteiger partial charge on any atom is -0.458 e. The zero-order valence-electron chi connectivity index (χ0n) is 14.3. The van der Waals surface area contributed by atoms with E-state index in [9.17, 15) is 9.90 Å². The minimum atomic E-state index is -0.270. The van der Waals surface area contributed by atoms with E-state index >= 15 is 0 Å². The molecule has 1 saturated heterocycles. The first-order chi connectivity index (χ1) is 11.0. The second-order valence-corrected chi connectivity index (χ2v) is 6.71. The van der Waals surface area contributed by atoms with Crippen LogP contribution >= 0.6 is 0 Å². The van der Waals surface area contributed by atoms with Crippen LogP contribution in [0.3, 0.4) is 0 Å². The van der Waals surface area contributed by atoms with Gasteiger partial charge in [-0.15, -0.1) is 0 Å². The molecule has 0 bridgehead atoms. The molecule has 126 valence electrons. The molecule has 1 aliphatic carbocycles. The molecule has 1 N–H and O–H groups in total.